The Morgan fingerprint density at radius 1 is 1.50 bits per heavy atom. The number of terminal acetylenes is 1. The smallest absolute Gasteiger partial charge is 0.318 e. The second-order valence-electron chi connectivity index (χ2n) is 3.45. The quantitative estimate of drug-likeness (QED) is 0.529. The number of aliphatic carboxylic acids is 1. The minimum atomic E-state index is -1.41. The zero-order valence-corrected chi connectivity index (χ0v) is 8.70. The van der Waals surface area contributed by atoms with Crippen LogP contribution >= 0.6 is 0 Å². The molecule has 0 rings (SSSR count). The molecule has 0 aliphatic heterocycles. The molecule has 0 saturated heterocycles. The summed E-state index contributed by atoms with van der Waals surface area (Å²) in [5.74, 6) is 0.729. The first-order chi connectivity index (χ1) is 6.37. The van der Waals surface area contributed by atoms with Crippen LogP contribution in [0.3, 0.4) is 0 Å². The molecule has 1 N–H and O–H groups in total. The molecule has 0 fully saturated rings. The molecule has 14 heavy (non-hydrogen) atoms. The number of carbonyl (C=O) groups excluding carboxylic acids is 1. The first kappa shape index (κ1) is 12.5. The van der Waals surface area contributed by atoms with Crippen molar-refractivity contribution in [1.29, 1.82) is 0 Å². The van der Waals surface area contributed by atoms with Crippen molar-refractivity contribution in [3.05, 3.63) is 0 Å². The van der Waals surface area contributed by atoms with Crippen LogP contribution < -0.4 is 0 Å². The van der Waals surface area contributed by atoms with Gasteiger partial charge >= 0.3 is 5.97 Å². The average molecular weight is 197 g/mol. The van der Waals surface area contributed by atoms with E-state index in [4.69, 9.17) is 11.5 Å². The molecule has 0 aromatic rings. The normalized spacial score (nSPS) is 10.4. The predicted molar refractivity (Wildman–Crippen MR) is 52.5 cm³/mol. The first-order valence-electron chi connectivity index (χ1n) is 4.34. The molecule has 1 amide bonds. The third kappa shape index (κ3) is 2.49. The Balaban J connectivity index is 4.75. The fourth-order valence-electron chi connectivity index (χ4n) is 0.924. The third-order valence-electron chi connectivity index (χ3n) is 2.02. The predicted octanol–water partition coefficient (Wildman–Crippen LogP) is 0.579. The van der Waals surface area contributed by atoms with Crippen molar-refractivity contribution in [1.82, 2.24) is 4.90 Å². The lowest BCUT2D eigenvalue weighted by Gasteiger charge is -2.26. The number of rotatable bonds is 4. The summed E-state index contributed by atoms with van der Waals surface area (Å²) in [7, 11) is 0. The molecule has 78 valence electrons. The van der Waals surface area contributed by atoms with Gasteiger partial charge in [-0.3, -0.25) is 9.59 Å². The number of amides is 1. The standard InChI is InChI=1S/C10H15NO3/c1-5-7-11(6-2)8(12)10(3,4)9(13)14/h1H,6-7H2,2-4H3,(H,13,14). The summed E-state index contributed by atoms with van der Waals surface area (Å²) in [6.45, 7) is 5.06. The molecular weight excluding hydrogens is 182 g/mol. The lowest BCUT2D eigenvalue weighted by atomic mass is 9.92. The monoisotopic (exact) mass is 197 g/mol. The van der Waals surface area contributed by atoms with Crippen molar-refractivity contribution < 1.29 is 14.7 Å². The van der Waals surface area contributed by atoms with Crippen LogP contribution in [0.1, 0.15) is 20.8 Å². The van der Waals surface area contributed by atoms with Crippen molar-refractivity contribution in [2.24, 2.45) is 5.41 Å². The van der Waals surface area contributed by atoms with Crippen molar-refractivity contribution in [3.63, 3.8) is 0 Å². The topological polar surface area (TPSA) is 57.6 Å². The largest absolute Gasteiger partial charge is 0.480 e. The highest BCUT2D eigenvalue weighted by molar-refractivity contribution is 6.01. The van der Waals surface area contributed by atoms with E-state index >= 15 is 0 Å². The van der Waals surface area contributed by atoms with Gasteiger partial charge in [-0.2, -0.15) is 0 Å². The fourth-order valence-corrected chi connectivity index (χ4v) is 0.924. The van der Waals surface area contributed by atoms with Crippen LogP contribution in [0.5, 0.6) is 0 Å². The van der Waals surface area contributed by atoms with E-state index in [0.29, 0.717) is 6.54 Å². The van der Waals surface area contributed by atoms with Crippen LogP contribution in [0, 0.1) is 17.8 Å². The Labute approximate surface area is 83.9 Å². The third-order valence-corrected chi connectivity index (χ3v) is 2.02. The SMILES string of the molecule is C#CCN(CC)C(=O)C(C)(C)C(=O)O. The Morgan fingerprint density at radius 2 is 2.00 bits per heavy atom. The molecule has 4 heteroatoms. The van der Waals surface area contributed by atoms with E-state index in [0.717, 1.165) is 0 Å². The summed E-state index contributed by atoms with van der Waals surface area (Å²) in [5.41, 5.74) is -1.41. The van der Waals surface area contributed by atoms with Gasteiger partial charge in [0.15, 0.2) is 0 Å². The van der Waals surface area contributed by atoms with Gasteiger partial charge in [0.2, 0.25) is 5.91 Å². The molecule has 0 aliphatic rings. The van der Waals surface area contributed by atoms with Crippen molar-refractivity contribution in [2.45, 2.75) is 20.8 Å². The van der Waals surface area contributed by atoms with E-state index in [1.165, 1.54) is 18.7 Å². The van der Waals surface area contributed by atoms with Crippen LogP contribution in [0.25, 0.3) is 0 Å². The summed E-state index contributed by atoms with van der Waals surface area (Å²) in [6, 6.07) is 0. The van der Waals surface area contributed by atoms with E-state index in [1.807, 2.05) is 0 Å². The molecule has 4 nitrogen and oxygen atoms in total. The van der Waals surface area contributed by atoms with Crippen LogP contribution in [-0.4, -0.2) is 35.0 Å². The van der Waals surface area contributed by atoms with E-state index in [-0.39, 0.29) is 6.54 Å². The lowest BCUT2D eigenvalue weighted by Crippen LogP contribution is -2.45. The van der Waals surface area contributed by atoms with Crippen LogP contribution in [0.15, 0.2) is 0 Å². The lowest BCUT2D eigenvalue weighted by molar-refractivity contribution is -0.157. The maximum absolute atomic E-state index is 11.7. The fraction of sp³-hybridized carbons (Fsp3) is 0.600. The highest BCUT2D eigenvalue weighted by atomic mass is 16.4. The van der Waals surface area contributed by atoms with E-state index < -0.39 is 17.3 Å². The van der Waals surface area contributed by atoms with Gasteiger partial charge in [0.25, 0.3) is 0 Å². The first-order valence-corrected chi connectivity index (χ1v) is 4.34. The summed E-state index contributed by atoms with van der Waals surface area (Å²) in [6.07, 6.45) is 5.07. The molecule has 0 aliphatic carbocycles. The van der Waals surface area contributed by atoms with Gasteiger partial charge in [0.05, 0.1) is 6.54 Å². The van der Waals surface area contributed by atoms with Crippen LogP contribution in [-0.2, 0) is 9.59 Å². The van der Waals surface area contributed by atoms with Gasteiger partial charge in [0, 0.05) is 6.54 Å². The number of nitrogens with zero attached hydrogens (tertiary/aromatic N) is 1. The number of carbonyl (C=O) groups is 2. The number of hydrogen-bond donors (Lipinski definition) is 1. The van der Waals surface area contributed by atoms with Crippen molar-refractivity contribution in [3.8, 4) is 12.3 Å². The van der Waals surface area contributed by atoms with Gasteiger partial charge in [-0.25, -0.2) is 0 Å². The van der Waals surface area contributed by atoms with Crippen molar-refractivity contribution in [2.75, 3.05) is 13.1 Å². The minimum absolute atomic E-state index is 0.145. The molecule has 0 radical (unpaired) electrons. The number of carboxylic acids is 1. The Kier molecular flexibility index (Phi) is 4.16. The second kappa shape index (κ2) is 4.66. The van der Waals surface area contributed by atoms with E-state index in [1.54, 1.807) is 6.92 Å². The second-order valence-corrected chi connectivity index (χ2v) is 3.45. The van der Waals surface area contributed by atoms with Crippen LogP contribution in [0.4, 0.5) is 0 Å². The van der Waals surface area contributed by atoms with Gasteiger partial charge < -0.3 is 10.0 Å². The van der Waals surface area contributed by atoms with E-state index in [2.05, 4.69) is 5.92 Å². The molecular formula is C10H15NO3. The Morgan fingerprint density at radius 3 is 2.29 bits per heavy atom. The maximum atomic E-state index is 11.7. The van der Waals surface area contributed by atoms with Gasteiger partial charge in [-0.05, 0) is 20.8 Å². The highest BCUT2D eigenvalue weighted by Gasteiger charge is 2.38. The summed E-state index contributed by atoms with van der Waals surface area (Å²) < 4.78 is 0. The summed E-state index contributed by atoms with van der Waals surface area (Å²) >= 11 is 0. The van der Waals surface area contributed by atoms with E-state index in [9.17, 15) is 9.59 Å². The minimum Gasteiger partial charge on any atom is -0.480 e. The Hall–Kier alpha value is -1.50. The zero-order valence-electron chi connectivity index (χ0n) is 8.70. The molecule has 0 aromatic carbocycles. The number of hydrogen-bond acceptors (Lipinski definition) is 2. The molecule has 0 spiro atoms. The summed E-state index contributed by atoms with van der Waals surface area (Å²) in [4.78, 5) is 23.8. The molecule has 0 saturated carbocycles. The average Bonchev–Trinajstić information content (AvgIpc) is 2.12. The van der Waals surface area contributed by atoms with Gasteiger partial charge in [-0.15, -0.1) is 6.42 Å². The molecule has 0 unspecified atom stereocenters. The van der Waals surface area contributed by atoms with Crippen LogP contribution in [0.2, 0.25) is 0 Å². The maximum Gasteiger partial charge on any atom is 0.318 e. The van der Waals surface area contributed by atoms with Gasteiger partial charge in [-0.1, -0.05) is 5.92 Å². The molecule has 0 aromatic heterocycles. The summed E-state index contributed by atoms with van der Waals surface area (Å²) in [5, 5.41) is 8.83. The number of carboxylic acid groups (broad SMARTS) is 1. The van der Waals surface area contributed by atoms with Gasteiger partial charge in [0.1, 0.15) is 5.41 Å². The molecule has 0 bridgehead atoms. The van der Waals surface area contributed by atoms with Crippen molar-refractivity contribution >= 4 is 11.9 Å². The Bertz CT molecular complexity index is 276. The highest BCUT2D eigenvalue weighted by Crippen LogP contribution is 2.18. The molecule has 0 heterocycles. The molecule has 0 atom stereocenters. The zero-order chi connectivity index (χ0) is 11.4.